The molecule has 2 aromatic rings. The van der Waals surface area contributed by atoms with Crippen molar-refractivity contribution in [2.75, 3.05) is 32.8 Å². The van der Waals surface area contributed by atoms with Gasteiger partial charge in [0.1, 0.15) is 5.82 Å². The number of amides is 1. The molecule has 1 fully saturated rings. The number of nitrogens with one attached hydrogen (secondary N) is 1. The van der Waals surface area contributed by atoms with E-state index in [4.69, 9.17) is 4.74 Å². The highest BCUT2D eigenvalue weighted by Gasteiger charge is 2.22. The van der Waals surface area contributed by atoms with E-state index in [1.54, 1.807) is 17.9 Å². The van der Waals surface area contributed by atoms with E-state index in [-0.39, 0.29) is 17.0 Å². The van der Waals surface area contributed by atoms with Crippen LogP contribution in [0, 0.1) is 5.82 Å². The average Bonchev–Trinajstić information content (AvgIpc) is 2.57. The molecule has 0 spiro atoms. The fourth-order valence-electron chi connectivity index (χ4n) is 2.92. The topological polar surface area (TPSA) is 65.6 Å². The Bertz CT molecular complexity index is 797. The number of H-pyrrole nitrogens is 1. The number of pyridine rings is 1. The van der Waals surface area contributed by atoms with Gasteiger partial charge < -0.3 is 14.6 Å². The van der Waals surface area contributed by atoms with Crippen molar-refractivity contribution < 1.29 is 13.9 Å². The molecule has 6 nitrogen and oxygen atoms in total. The Balaban J connectivity index is 1.69. The molecule has 1 N–H and O–H groups in total. The minimum atomic E-state index is -0.432. The van der Waals surface area contributed by atoms with Gasteiger partial charge >= 0.3 is 6.09 Å². The maximum absolute atomic E-state index is 13.9. The molecule has 3 rings (SSSR count). The number of aromatic amines is 1. The lowest BCUT2D eigenvalue weighted by Gasteiger charge is -2.33. The number of ether oxygens (including phenoxy) is 1. The van der Waals surface area contributed by atoms with Gasteiger partial charge in [-0.3, -0.25) is 9.69 Å². The first-order chi connectivity index (χ1) is 11.6. The molecule has 1 aliphatic rings. The minimum Gasteiger partial charge on any atom is -0.450 e. The van der Waals surface area contributed by atoms with Crippen molar-refractivity contribution >= 4 is 17.0 Å². The first-order valence-corrected chi connectivity index (χ1v) is 8.03. The second-order valence-electron chi connectivity index (χ2n) is 5.78. The van der Waals surface area contributed by atoms with E-state index in [0.29, 0.717) is 50.4 Å². The third-order valence-corrected chi connectivity index (χ3v) is 4.16. The van der Waals surface area contributed by atoms with E-state index in [1.807, 2.05) is 0 Å². The van der Waals surface area contributed by atoms with Crippen LogP contribution in [0.2, 0.25) is 0 Å². The van der Waals surface area contributed by atoms with Crippen LogP contribution in [0.15, 0.2) is 29.1 Å². The number of fused-ring (bicyclic) bond motifs is 1. The number of hydrogen-bond acceptors (Lipinski definition) is 4. The molecule has 24 heavy (non-hydrogen) atoms. The fourth-order valence-corrected chi connectivity index (χ4v) is 2.92. The first kappa shape index (κ1) is 16.4. The maximum Gasteiger partial charge on any atom is 0.409 e. The molecule has 1 aliphatic heterocycles. The molecular weight excluding hydrogens is 313 g/mol. The van der Waals surface area contributed by atoms with Crippen LogP contribution >= 0.6 is 0 Å². The van der Waals surface area contributed by atoms with Crippen molar-refractivity contribution in [1.29, 1.82) is 0 Å². The van der Waals surface area contributed by atoms with Crippen LogP contribution in [0.5, 0.6) is 0 Å². The number of carbonyl (C=O) groups is 1. The molecular formula is C17H20FN3O3. The Morgan fingerprint density at radius 1 is 1.29 bits per heavy atom. The van der Waals surface area contributed by atoms with Crippen molar-refractivity contribution in [2.45, 2.75) is 13.5 Å². The number of piperazine rings is 1. The van der Waals surface area contributed by atoms with Crippen molar-refractivity contribution in [1.82, 2.24) is 14.8 Å². The Morgan fingerprint density at radius 3 is 2.75 bits per heavy atom. The number of halogens is 1. The van der Waals surface area contributed by atoms with Crippen LogP contribution in [0.1, 0.15) is 12.6 Å². The van der Waals surface area contributed by atoms with Gasteiger partial charge in [0.2, 0.25) is 0 Å². The summed E-state index contributed by atoms with van der Waals surface area (Å²) in [4.78, 5) is 30.6. The van der Waals surface area contributed by atoms with Gasteiger partial charge in [-0.1, -0.05) is 6.07 Å². The van der Waals surface area contributed by atoms with Gasteiger partial charge in [0.05, 0.1) is 12.1 Å². The SMILES string of the molecule is CCOC(=O)N1CCN(Cc2cc(=O)c3cccc(F)c3[nH]2)CC1. The first-order valence-electron chi connectivity index (χ1n) is 8.03. The lowest BCUT2D eigenvalue weighted by atomic mass is 10.1. The zero-order valence-electron chi connectivity index (χ0n) is 13.5. The predicted octanol–water partition coefficient (Wildman–Crippen LogP) is 1.94. The van der Waals surface area contributed by atoms with Crippen molar-refractivity contribution in [2.24, 2.45) is 0 Å². The molecule has 0 radical (unpaired) electrons. The zero-order valence-corrected chi connectivity index (χ0v) is 13.5. The van der Waals surface area contributed by atoms with E-state index >= 15 is 0 Å². The highest BCUT2D eigenvalue weighted by molar-refractivity contribution is 5.78. The Hall–Kier alpha value is -2.41. The Labute approximate surface area is 138 Å². The van der Waals surface area contributed by atoms with E-state index < -0.39 is 5.82 Å². The number of benzene rings is 1. The van der Waals surface area contributed by atoms with Gasteiger partial charge in [-0.2, -0.15) is 0 Å². The van der Waals surface area contributed by atoms with Crippen molar-refractivity contribution in [3.05, 3.63) is 46.0 Å². The van der Waals surface area contributed by atoms with E-state index in [2.05, 4.69) is 9.88 Å². The summed E-state index contributed by atoms with van der Waals surface area (Å²) in [5, 5.41) is 0.353. The third kappa shape index (κ3) is 3.41. The smallest absolute Gasteiger partial charge is 0.409 e. The summed E-state index contributed by atoms with van der Waals surface area (Å²) in [7, 11) is 0. The van der Waals surface area contributed by atoms with Gasteiger partial charge in [-0.05, 0) is 19.1 Å². The van der Waals surface area contributed by atoms with Crippen LogP contribution in [-0.4, -0.2) is 53.7 Å². The summed E-state index contributed by atoms with van der Waals surface area (Å²) >= 11 is 0. The van der Waals surface area contributed by atoms with Crippen LogP contribution in [0.3, 0.4) is 0 Å². The number of hydrogen-bond donors (Lipinski definition) is 1. The molecule has 1 saturated heterocycles. The highest BCUT2D eigenvalue weighted by atomic mass is 19.1. The Kier molecular flexibility index (Phi) is 4.80. The highest BCUT2D eigenvalue weighted by Crippen LogP contribution is 2.14. The molecule has 0 unspecified atom stereocenters. The predicted molar refractivity (Wildman–Crippen MR) is 88.4 cm³/mol. The van der Waals surface area contributed by atoms with E-state index in [0.717, 1.165) is 0 Å². The molecule has 0 saturated carbocycles. The summed E-state index contributed by atoms with van der Waals surface area (Å²) in [5.41, 5.74) is 0.718. The van der Waals surface area contributed by atoms with Crippen molar-refractivity contribution in [3.8, 4) is 0 Å². The molecule has 0 atom stereocenters. The zero-order chi connectivity index (χ0) is 17.1. The Morgan fingerprint density at radius 2 is 2.04 bits per heavy atom. The quantitative estimate of drug-likeness (QED) is 0.932. The van der Waals surface area contributed by atoms with Crippen LogP contribution < -0.4 is 5.43 Å². The maximum atomic E-state index is 13.9. The number of para-hydroxylation sites is 1. The number of nitrogens with zero attached hydrogens (tertiary/aromatic N) is 2. The lowest BCUT2D eigenvalue weighted by molar-refractivity contribution is 0.0775. The van der Waals surface area contributed by atoms with E-state index in [9.17, 15) is 14.0 Å². The van der Waals surface area contributed by atoms with Crippen molar-refractivity contribution in [3.63, 3.8) is 0 Å². The third-order valence-electron chi connectivity index (χ3n) is 4.16. The van der Waals surface area contributed by atoms with Gasteiger partial charge in [0.25, 0.3) is 0 Å². The second kappa shape index (κ2) is 7.00. The lowest BCUT2D eigenvalue weighted by Crippen LogP contribution is -2.48. The summed E-state index contributed by atoms with van der Waals surface area (Å²) in [5.74, 6) is -0.432. The summed E-state index contributed by atoms with van der Waals surface area (Å²) in [6.45, 7) is 5.16. The average molecular weight is 333 g/mol. The van der Waals surface area contributed by atoms with Gasteiger partial charge in [-0.25, -0.2) is 9.18 Å². The monoisotopic (exact) mass is 333 g/mol. The van der Waals surface area contributed by atoms with Gasteiger partial charge in [0.15, 0.2) is 5.43 Å². The van der Waals surface area contributed by atoms with Gasteiger partial charge in [-0.15, -0.1) is 0 Å². The standard InChI is InChI=1S/C17H20FN3O3/c1-2-24-17(23)21-8-6-20(7-9-21)11-12-10-15(22)13-4-3-5-14(18)16(13)19-12/h3-5,10H,2,6-9,11H2,1H3,(H,19,22). The van der Waals surface area contributed by atoms with Crippen LogP contribution in [-0.2, 0) is 11.3 Å². The fraction of sp³-hybridized carbons (Fsp3) is 0.412. The molecule has 1 aromatic carbocycles. The summed E-state index contributed by atoms with van der Waals surface area (Å²) < 4.78 is 18.9. The molecule has 2 heterocycles. The van der Waals surface area contributed by atoms with Crippen LogP contribution in [0.25, 0.3) is 10.9 Å². The number of carbonyl (C=O) groups excluding carboxylic acids is 1. The molecule has 128 valence electrons. The van der Waals surface area contributed by atoms with E-state index in [1.165, 1.54) is 18.2 Å². The minimum absolute atomic E-state index is 0.191. The van der Waals surface area contributed by atoms with Crippen LogP contribution in [0.4, 0.5) is 9.18 Å². The van der Waals surface area contributed by atoms with Gasteiger partial charge in [0, 0.05) is 49.9 Å². The molecule has 0 bridgehead atoms. The molecule has 0 aliphatic carbocycles. The summed E-state index contributed by atoms with van der Waals surface area (Å²) in [6, 6.07) is 5.99. The summed E-state index contributed by atoms with van der Waals surface area (Å²) in [6.07, 6.45) is -0.293. The second-order valence-corrected chi connectivity index (χ2v) is 5.78. The normalized spacial score (nSPS) is 15.7. The number of aromatic nitrogens is 1. The molecule has 1 aromatic heterocycles. The number of rotatable bonds is 3. The molecule has 7 heteroatoms. The largest absolute Gasteiger partial charge is 0.450 e. The molecule has 1 amide bonds.